The number of nitrogens with one attached hydrogen (secondary N) is 2. The third kappa shape index (κ3) is 6.22. The maximum absolute atomic E-state index is 12.1. The lowest BCUT2D eigenvalue weighted by molar-refractivity contribution is -0.913. The van der Waals surface area contributed by atoms with E-state index < -0.39 is 0 Å². The second kappa shape index (κ2) is 9.08. The third-order valence-corrected chi connectivity index (χ3v) is 3.77. The Morgan fingerprint density at radius 3 is 2.57 bits per heavy atom. The summed E-state index contributed by atoms with van der Waals surface area (Å²) in [7, 11) is 0. The Balaban J connectivity index is 1.84. The van der Waals surface area contributed by atoms with Gasteiger partial charge in [-0.2, -0.15) is 0 Å². The lowest BCUT2D eigenvalue weighted by atomic mass is 10.2. The Kier molecular flexibility index (Phi) is 6.78. The van der Waals surface area contributed by atoms with Crippen molar-refractivity contribution in [2.45, 2.75) is 19.9 Å². The molecule has 0 radical (unpaired) electrons. The molecule has 0 spiro atoms. The average molecular weight is 313 g/mol. The molecule has 0 bridgehead atoms. The Bertz CT molecular complexity index is 614. The molecule has 0 fully saturated rings. The van der Waals surface area contributed by atoms with Gasteiger partial charge in [-0.3, -0.25) is 4.79 Å². The molecular weight excluding hydrogens is 288 g/mol. The van der Waals surface area contributed by atoms with Crippen LogP contribution < -0.4 is 10.2 Å². The molecule has 4 heteroatoms. The highest BCUT2D eigenvalue weighted by atomic mass is 16.3. The molecule has 23 heavy (non-hydrogen) atoms. The summed E-state index contributed by atoms with van der Waals surface area (Å²) < 4.78 is 0. The van der Waals surface area contributed by atoms with Crippen LogP contribution in [0.4, 0.5) is 5.69 Å². The van der Waals surface area contributed by atoms with Gasteiger partial charge in [0.1, 0.15) is 13.1 Å². The Labute approximate surface area is 137 Å². The second-order valence-corrected chi connectivity index (χ2v) is 5.80. The first-order valence-electron chi connectivity index (χ1n) is 8.02. The van der Waals surface area contributed by atoms with Crippen molar-refractivity contribution < 1.29 is 14.8 Å². The predicted molar refractivity (Wildman–Crippen MR) is 92.4 cm³/mol. The van der Waals surface area contributed by atoms with Crippen LogP contribution in [-0.2, 0) is 11.3 Å². The van der Waals surface area contributed by atoms with Gasteiger partial charge >= 0.3 is 0 Å². The van der Waals surface area contributed by atoms with Gasteiger partial charge in [0.05, 0.1) is 19.6 Å². The number of benzene rings is 2. The fourth-order valence-corrected chi connectivity index (χ4v) is 2.58. The topological polar surface area (TPSA) is 53.8 Å². The highest BCUT2D eigenvalue weighted by molar-refractivity contribution is 5.90. The van der Waals surface area contributed by atoms with Crippen molar-refractivity contribution in [2.24, 2.45) is 0 Å². The largest absolute Gasteiger partial charge is 0.391 e. The number of carbonyl (C=O) groups excluding carboxylic acids is 1. The molecule has 1 amide bonds. The first-order valence-corrected chi connectivity index (χ1v) is 8.02. The minimum Gasteiger partial charge on any atom is -0.391 e. The van der Waals surface area contributed by atoms with Crippen LogP contribution in [0.1, 0.15) is 17.5 Å². The fraction of sp³-hybridized carbons (Fsp3) is 0.316. The van der Waals surface area contributed by atoms with Gasteiger partial charge in [0.15, 0.2) is 0 Å². The van der Waals surface area contributed by atoms with E-state index in [1.165, 1.54) is 10.5 Å². The van der Waals surface area contributed by atoms with E-state index in [-0.39, 0.29) is 12.5 Å². The van der Waals surface area contributed by atoms with Gasteiger partial charge < -0.3 is 15.3 Å². The number of aliphatic hydroxyl groups excluding tert-OH is 1. The van der Waals surface area contributed by atoms with Crippen LogP contribution in [0.3, 0.4) is 0 Å². The van der Waals surface area contributed by atoms with Gasteiger partial charge in [-0.25, -0.2) is 0 Å². The molecule has 0 aliphatic heterocycles. The van der Waals surface area contributed by atoms with Crippen molar-refractivity contribution in [1.29, 1.82) is 0 Å². The zero-order valence-corrected chi connectivity index (χ0v) is 13.6. The maximum Gasteiger partial charge on any atom is 0.230 e. The summed E-state index contributed by atoms with van der Waals surface area (Å²) in [4.78, 5) is 13.3. The summed E-state index contributed by atoms with van der Waals surface area (Å²) in [5.74, 6) is 0.0131. The van der Waals surface area contributed by atoms with E-state index in [9.17, 15) is 9.90 Å². The van der Waals surface area contributed by atoms with Crippen LogP contribution in [0.5, 0.6) is 0 Å². The van der Waals surface area contributed by atoms with Crippen LogP contribution in [0.2, 0.25) is 0 Å². The minimum absolute atomic E-state index is 0.0131. The number of carbonyl (C=O) groups is 1. The number of hydrogen-bond donors (Lipinski definition) is 3. The average Bonchev–Trinajstić information content (AvgIpc) is 2.54. The summed E-state index contributed by atoms with van der Waals surface area (Å²) in [6.07, 6.45) is 0.441. The molecule has 2 aromatic carbocycles. The van der Waals surface area contributed by atoms with Gasteiger partial charge in [0, 0.05) is 11.3 Å². The van der Waals surface area contributed by atoms with Crippen molar-refractivity contribution in [3.05, 3.63) is 65.7 Å². The summed E-state index contributed by atoms with van der Waals surface area (Å²) >= 11 is 0. The van der Waals surface area contributed by atoms with Gasteiger partial charge in [-0.05, 0) is 24.6 Å². The van der Waals surface area contributed by atoms with Gasteiger partial charge in [0.2, 0.25) is 5.91 Å². The van der Waals surface area contributed by atoms with E-state index in [1.54, 1.807) is 0 Å². The molecule has 122 valence electrons. The van der Waals surface area contributed by atoms with Crippen LogP contribution in [0, 0.1) is 6.92 Å². The number of anilines is 1. The van der Waals surface area contributed by atoms with Gasteiger partial charge in [0.25, 0.3) is 0 Å². The van der Waals surface area contributed by atoms with E-state index in [2.05, 4.69) is 17.4 Å². The molecule has 2 aromatic rings. The van der Waals surface area contributed by atoms with Crippen LogP contribution in [0.25, 0.3) is 0 Å². The smallest absolute Gasteiger partial charge is 0.230 e. The van der Waals surface area contributed by atoms with E-state index in [0.29, 0.717) is 19.5 Å². The normalized spacial score (nSPS) is 11.9. The standard InChI is InChI=1S/C19H24N2O2/c1-16-6-5-9-18(14-16)20-19(23)10-11-21(12-13-22)15-17-7-3-2-4-8-17/h2-9,14,22H,10-13,15H2,1H3,(H,20,23)/p+1. The molecule has 0 saturated carbocycles. The molecular formula is C19H25N2O2+. The first kappa shape index (κ1) is 17.2. The SMILES string of the molecule is Cc1cccc(NC(=O)CC[NH+](CCO)Cc2ccccc2)c1. The molecule has 0 aromatic heterocycles. The first-order chi connectivity index (χ1) is 11.2. The van der Waals surface area contributed by atoms with Crippen molar-refractivity contribution in [3.63, 3.8) is 0 Å². The van der Waals surface area contributed by atoms with Crippen molar-refractivity contribution in [2.75, 3.05) is 25.0 Å². The van der Waals surface area contributed by atoms with Crippen LogP contribution >= 0.6 is 0 Å². The minimum atomic E-state index is 0.0131. The summed E-state index contributed by atoms with van der Waals surface area (Å²) in [5.41, 5.74) is 3.18. The summed E-state index contributed by atoms with van der Waals surface area (Å²) in [6.45, 7) is 4.29. The second-order valence-electron chi connectivity index (χ2n) is 5.80. The van der Waals surface area contributed by atoms with E-state index in [4.69, 9.17) is 0 Å². The molecule has 1 atom stereocenters. The van der Waals surface area contributed by atoms with Crippen molar-refractivity contribution in [3.8, 4) is 0 Å². The zero-order chi connectivity index (χ0) is 16.5. The van der Waals surface area contributed by atoms with E-state index in [1.807, 2.05) is 49.4 Å². The van der Waals surface area contributed by atoms with Crippen LogP contribution in [0.15, 0.2) is 54.6 Å². The number of aryl methyl sites for hydroxylation is 1. The number of amides is 1. The number of quaternary nitrogens is 1. The number of hydrogen-bond acceptors (Lipinski definition) is 2. The lowest BCUT2D eigenvalue weighted by Gasteiger charge is -2.18. The Hall–Kier alpha value is -2.17. The molecule has 0 aliphatic rings. The van der Waals surface area contributed by atoms with Crippen molar-refractivity contribution >= 4 is 11.6 Å². The molecule has 0 saturated heterocycles. The highest BCUT2D eigenvalue weighted by Crippen LogP contribution is 2.09. The molecule has 4 nitrogen and oxygen atoms in total. The number of aliphatic hydroxyl groups is 1. The van der Waals surface area contributed by atoms with Crippen LogP contribution in [-0.4, -0.2) is 30.7 Å². The Morgan fingerprint density at radius 2 is 1.87 bits per heavy atom. The summed E-state index contributed by atoms with van der Waals surface area (Å²) in [5, 5.41) is 12.2. The van der Waals surface area contributed by atoms with E-state index in [0.717, 1.165) is 17.8 Å². The molecule has 1 unspecified atom stereocenters. The Morgan fingerprint density at radius 1 is 1.09 bits per heavy atom. The van der Waals surface area contributed by atoms with Gasteiger partial charge in [-0.15, -0.1) is 0 Å². The molecule has 2 rings (SSSR count). The van der Waals surface area contributed by atoms with E-state index >= 15 is 0 Å². The van der Waals surface area contributed by atoms with Crippen molar-refractivity contribution in [1.82, 2.24) is 0 Å². The lowest BCUT2D eigenvalue weighted by Crippen LogP contribution is -3.11. The highest BCUT2D eigenvalue weighted by Gasteiger charge is 2.12. The third-order valence-electron chi connectivity index (χ3n) is 3.77. The monoisotopic (exact) mass is 313 g/mol. The molecule has 0 heterocycles. The quantitative estimate of drug-likeness (QED) is 0.690. The molecule has 3 N–H and O–H groups in total. The number of rotatable bonds is 8. The maximum atomic E-state index is 12.1. The fourth-order valence-electron chi connectivity index (χ4n) is 2.58. The zero-order valence-electron chi connectivity index (χ0n) is 13.6. The van der Waals surface area contributed by atoms with Gasteiger partial charge in [-0.1, -0.05) is 42.5 Å². The summed E-state index contributed by atoms with van der Waals surface area (Å²) in [6, 6.07) is 17.9. The predicted octanol–water partition coefficient (Wildman–Crippen LogP) is 1.40. The molecule has 0 aliphatic carbocycles.